The summed E-state index contributed by atoms with van der Waals surface area (Å²) in [5.74, 6) is -1.34. The highest BCUT2D eigenvalue weighted by atomic mass is 16.4. The number of carbonyl (C=O) groups excluding carboxylic acids is 1. The van der Waals surface area contributed by atoms with Crippen molar-refractivity contribution in [3.8, 4) is 0 Å². The Morgan fingerprint density at radius 1 is 1.60 bits per heavy atom. The molecule has 0 aliphatic carbocycles. The molecule has 6 nitrogen and oxygen atoms in total. The highest BCUT2D eigenvalue weighted by Crippen LogP contribution is 2.21. The number of rotatable bonds is 4. The number of H-pyrrole nitrogens is 1. The fourth-order valence-corrected chi connectivity index (χ4v) is 1.00. The molecular formula is C9H13N3O3. The summed E-state index contributed by atoms with van der Waals surface area (Å²) < 4.78 is 0. The molecule has 0 atom stereocenters. The van der Waals surface area contributed by atoms with Crippen molar-refractivity contribution in [1.29, 1.82) is 0 Å². The maximum atomic E-state index is 11.4. The molecule has 0 aliphatic rings. The number of aromatic amines is 1. The minimum absolute atomic E-state index is 0.0759. The van der Waals surface area contributed by atoms with Crippen LogP contribution in [0.3, 0.4) is 0 Å². The molecule has 0 aliphatic heterocycles. The van der Waals surface area contributed by atoms with Crippen molar-refractivity contribution in [1.82, 2.24) is 10.2 Å². The summed E-state index contributed by atoms with van der Waals surface area (Å²) in [4.78, 5) is 22.2. The third kappa shape index (κ3) is 3.08. The van der Waals surface area contributed by atoms with Crippen LogP contribution in [0.4, 0.5) is 5.69 Å². The third-order valence-corrected chi connectivity index (χ3v) is 1.96. The molecule has 0 radical (unpaired) electrons. The van der Waals surface area contributed by atoms with Crippen LogP contribution in [0.25, 0.3) is 0 Å². The Morgan fingerprint density at radius 2 is 2.27 bits per heavy atom. The van der Waals surface area contributed by atoms with Crippen LogP contribution in [0.2, 0.25) is 0 Å². The monoisotopic (exact) mass is 211 g/mol. The number of hydrogen-bond donors (Lipinski definition) is 3. The van der Waals surface area contributed by atoms with Gasteiger partial charge in [-0.1, -0.05) is 0 Å². The summed E-state index contributed by atoms with van der Waals surface area (Å²) in [6.45, 7) is 3.01. The standard InChI is InChI=1S/C9H13N3O3/c1-9(2,8(14)15)3-7(13)12-6-4-10-11-5-6/h4-5H,3H2,1-2H3,(H,10,11)(H,12,13)(H,14,15). The van der Waals surface area contributed by atoms with Crippen molar-refractivity contribution in [3.05, 3.63) is 12.4 Å². The normalized spacial score (nSPS) is 11.1. The van der Waals surface area contributed by atoms with Gasteiger partial charge in [0.1, 0.15) is 0 Å². The number of amides is 1. The molecule has 0 saturated heterocycles. The van der Waals surface area contributed by atoms with Crippen LogP contribution in [-0.2, 0) is 9.59 Å². The Morgan fingerprint density at radius 3 is 2.73 bits per heavy atom. The van der Waals surface area contributed by atoms with Crippen LogP contribution >= 0.6 is 0 Å². The van der Waals surface area contributed by atoms with Gasteiger partial charge in [0, 0.05) is 12.6 Å². The Bertz CT molecular complexity index is 357. The Kier molecular flexibility index (Phi) is 3.08. The molecule has 0 saturated carbocycles. The number of hydrogen-bond acceptors (Lipinski definition) is 3. The zero-order chi connectivity index (χ0) is 11.5. The smallest absolute Gasteiger partial charge is 0.309 e. The van der Waals surface area contributed by atoms with E-state index in [1.165, 1.54) is 26.2 Å². The molecule has 0 spiro atoms. The van der Waals surface area contributed by atoms with Gasteiger partial charge in [0.05, 0.1) is 17.3 Å². The van der Waals surface area contributed by atoms with Gasteiger partial charge in [-0.2, -0.15) is 5.10 Å². The quantitative estimate of drug-likeness (QED) is 0.688. The topological polar surface area (TPSA) is 95.1 Å². The van der Waals surface area contributed by atoms with E-state index in [1.807, 2.05) is 0 Å². The maximum Gasteiger partial charge on any atom is 0.309 e. The summed E-state index contributed by atoms with van der Waals surface area (Å²) in [6.07, 6.45) is 2.89. The number of anilines is 1. The maximum absolute atomic E-state index is 11.4. The zero-order valence-corrected chi connectivity index (χ0v) is 8.57. The minimum Gasteiger partial charge on any atom is -0.481 e. The van der Waals surface area contributed by atoms with Crippen molar-refractivity contribution in [2.45, 2.75) is 20.3 Å². The minimum atomic E-state index is -1.06. The van der Waals surface area contributed by atoms with Crippen LogP contribution in [0.5, 0.6) is 0 Å². The molecule has 0 unspecified atom stereocenters. The molecule has 1 amide bonds. The summed E-state index contributed by atoms with van der Waals surface area (Å²) in [5.41, 5.74) is -0.533. The molecule has 3 N–H and O–H groups in total. The molecule has 1 heterocycles. The van der Waals surface area contributed by atoms with Gasteiger partial charge >= 0.3 is 5.97 Å². The second-order valence-electron chi connectivity index (χ2n) is 3.90. The molecule has 82 valence electrons. The van der Waals surface area contributed by atoms with Crippen molar-refractivity contribution >= 4 is 17.6 Å². The number of nitrogens with zero attached hydrogens (tertiary/aromatic N) is 1. The van der Waals surface area contributed by atoms with Crippen molar-refractivity contribution in [3.63, 3.8) is 0 Å². The van der Waals surface area contributed by atoms with Crippen LogP contribution in [0.1, 0.15) is 20.3 Å². The summed E-state index contributed by atoms with van der Waals surface area (Å²) in [5, 5.41) is 17.5. The molecule has 15 heavy (non-hydrogen) atoms. The van der Waals surface area contributed by atoms with E-state index in [0.29, 0.717) is 5.69 Å². The number of nitrogens with one attached hydrogen (secondary N) is 2. The Labute approximate surface area is 86.7 Å². The van der Waals surface area contributed by atoms with E-state index in [2.05, 4.69) is 15.5 Å². The molecule has 0 fully saturated rings. The highest BCUT2D eigenvalue weighted by Gasteiger charge is 2.30. The Hall–Kier alpha value is -1.85. The van der Waals surface area contributed by atoms with E-state index in [1.54, 1.807) is 0 Å². The number of carboxylic acid groups (broad SMARTS) is 1. The predicted octanol–water partition coefficient (Wildman–Crippen LogP) is 0.849. The lowest BCUT2D eigenvalue weighted by atomic mass is 9.89. The zero-order valence-electron chi connectivity index (χ0n) is 8.57. The molecule has 6 heteroatoms. The van der Waals surface area contributed by atoms with Crippen LogP contribution in [0.15, 0.2) is 12.4 Å². The van der Waals surface area contributed by atoms with E-state index < -0.39 is 11.4 Å². The number of carboxylic acids is 1. The lowest BCUT2D eigenvalue weighted by Crippen LogP contribution is -2.29. The number of aliphatic carboxylic acids is 1. The van der Waals surface area contributed by atoms with Crippen LogP contribution < -0.4 is 5.32 Å². The first-order chi connectivity index (χ1) is 6.92. The highest BCUT2D eigenvalue weighted by molar-refractivity contribution is 5.93. The van der Waals surface area contributed by atoms with E-state index in [9.17, 15) is 9.59 Å². The second kappa shape index (κ2) is 4.12. The van der Waals surface area contributed by atoms with Gasteiger partial charge in [-0.05, 0) is 13.8 Å². The first-order valence-corrected chi connectivity index (χ1v) is 4.44. The second-order valence-corrected chi connectivity index (χ2v) is 3.90. The fraction of sp³-hybridized carbons (Fsp3) is 0.444. The van der Waals surface area contributed by atoms with Gasteiger partial charge in [-0.3, -0.25) is 14.7 Å². The summed E-state index contributed by atoms with van der Waals surface area (Å²) >= 11 is 0. The third-order valence-electron chi connectivity index (χ3n) is 1.96. The van der Waals surface area contributed by atoms with E-state index in [4.69, 9.17) is 5.11 Å². The molecule has 0 aromatic carbocycles. The van der Waals surface area contributed by atoms with Gasteiger partial charge in [-0.25, -0.2) is 0 Å². The molecule has 1 aromatic heterocycles. The van der Waals surface area contributed by atoms with E-state index in [0.717, 1.165) is 0 Å². The first-order valence-electron chi connectivity index (χ1n) is 4.44. The van der Waals surface area contributed by atoms with E-state index >= 15 is 0 Å². The van der Waals surface area contributed by atoms with Crippen molar-refractivity contribution in [2.75, 3.05) is 5.32 Å². The average molecular weight is 211 g/mol. The van der Waals surface area contributed by atoms with Crippen LogP contribution in [0, 0.1) is 5.41 Å². The van der Waals surface area contributed by atoms with Crippen molar-refractivity contribution < 1.29 is 14.7 Å². The van der Waals surface area contributed by atoms with Gasteiger partial charge in [0.2, 0.25) is 5.91 Å². The van der Waals surface area contributed by atoms with Gasteiger partial charge in [0.25, 0.3) is 0 Å². The predicted molar refractivity (Wildman–Crippen MR) is 53.3 cm³/mol. The SMILES string of the molecule is CC(C)(CC(=O)Nc1cn[nH]c1)C(=O)O. The van der Waals surface area contributed by atoms with Gasteiger partial charge in [-0.15, -0.1) is 0 Å². The lowest BCUT2D eigenvalue weighted by molar-refractivity contribution is -0.148. The fourth-order valence-electron chi connectivity index (χ4n) is 1.00. The number of aromatic nitrogens is 2. The molecule has 0 bridgehead atoms. The lowest BCUT2D eigenvalue weighted by Gasteiger charge is -2.17. The van der Waals surface area contributed by atoms with Crippen LogP contribution in [-0.4, -0.2) is 27.2 Å². The molecule has 1 aromatic rings. The Balaban J connectivity index is 2.53. The van der Waals surface area contributed by atoms with E-state index in [-0.39, 0.29) is 12.3 Å². The van der Waals surface area contributed by atoms with Crippen molar-refractivity contribution in [2.24, 2.45) is 5.41 Å². The first kappa shape index (κ1) is 11.2. The largest absolute Gasteiger partial charge is 0.481 e. The molecule has 1 rings (SSSR count). The summed E-state index contributed by atoms with van der Waals surface area (Å²) in [7, 11) is 0. The van der Waals surface area contributed by atoms with Gasteiger partial charge < -0.3 is 10.4 Å². The molecular weight excluding hydrogens is 198 g/mol. The summed E-state index contributed by atoms with van der Waals surface area (Å²) in [6, 6.07) is 0. The van der Waals surface area contributed by atoms with Gasteiger partial charge in [0.15, 0.2) is 0 Å². The number of carbonyl (C=O) groups is 2. The average Bonchev–Trinajstić information content (AvgIpc) is 2.54.